The molecular weight excluding hydrogens is 322 g/mol. The fourth-order valence-corrected chi connectivity index (χ4v) is 2.40. The van der Waals surface area contributed by atoms with Gasteiger partial charge in [-0.2, -0.15) is 0 Å². The van der Waals surface area contributed by atoms with Crippen molar-refractivity contribution in [2.75, 3.05) is 0 Å². The molecule has 0 atom stereocenters. The maximum absolute atomic E-state index is 10.8. The van der Waals surface area contributed by atoms with Crippen molar-refractivity contribution in [1.82, 2.24) is 10.3 Å². The van der Waals surface area contributed by atoms with Crippen molar-refractivity contribution in [3.05, 3.63) is 67.9 Å². The predicted molar refractivity (Wildman–Crippen MR) is 80.3 cm³/mol. The molecule has 0 aliphatic rings. The molecule has 1 aromatic carbocycles. The van der Waals surface area contributed by atoms with Crippen LogP contribution in [0.4, 0.5) is 5.69 Å². The van der Waals surface area contributed by atoms with Gasteiger partial charge in [-0.15, -0.1) is 0 Å². The van der Waals surface area contributed by atoms with Crippen LogP contribution in [0.25, 0.3) is 0 Å². The van der Waals surface area contributed by atoms with Gasteiger partial charge in [-0.05, 0) is 30.7 Å². The van der Waals surface area contributed by atoms with E-state index in [1.807, 2.05) is 31.2 Å². The van der Waals surface area contributed by atoms with Crippen LogP contribution < -0.4 is 5.32 Å². The second-order valence-electron chi connectivity index (χ2n) is 4.45. The normalized spacial score (nSPS) is 10.5. The summed E-state index contributed by atoms with van der Waals surface area (Å²) < 4.78 is 0.706. The van der Waals surface area contributed by atoms with E-state index in [1.54, 1.807) is 6.07 Å². The highest BCUT2D eigenvalue weighted by Crippen LogP contribution is 2.21. The smallest absolute Gasteiger partial charge is 0.270 e. The molecular formula is C14H14BrN3O2. The van der Waals surface area contributed by atoms with Gasteiger partial charge in [0.05, 0.1) is 10.6 Å². The average Bonchev–Trinajstić information content (AvgIpc) is 2.38. The monoisotopic (exact) mass is 335 g/mol. The van der Waals surface area contributed by atoms with E-state index >= 15 is 0 Å². The van der Waals surface area contributed by atoms with Gasteiger partial charge in [0.15, 0.2) is 0 Å². The van der Waals surface area contributed by atoms with Crippen LogP contribution in [0.1, 0.15) is 17.0 Å². The summed E-state index contributed by atoms with van der Waals surface area (Å²) in [4.78, 5) is 14.8. The van der Waals surface area contributed by atoms with Gasteiger partial charge in [0.1, 0.15) is 0 Å². The van der Waals surface area contributed by atoms with Crippen LogP contribution in [0.5, 0.6) is 0 Å². The molecule has 0 unspecified atom stereocenters. The van der Waals surface area contributed by atoms with E-state index in [2.05, 4.69) is 26.2 Å². The first-order valence-electron chi connectivity index (χ1n) is 6.12. The molecule has 0 saturated carbocycles. The van der Waals surface area contributed by atoms with Crippen LogP contribution in [0.15, 0.2) is 40.9 Å². The molecule has 5 nitrogen and oxygen atoms in total. The van der Waals surface area contributed by atoms with Crippen LogP contribution in [0, 0.1) is 17.0 Å². The summed E-state index contributed by atoms with van der Waals surface area (Å²) >= 11 is 3.28. The molecule has 0 amide bonds. The quantitative estimate of drug-likeness (QED) is 0.672. The van der Waals surface area contributed by atoms with Crippen molar-refractivity contribution in [3.63, 3.8) is 0 Å². The summed E-state index contributed by atoms with van der Waals surface area (Å²) in [5.74, 6) is 0. The van der Waals surface area contributed by atoms with Crippen molar-refractivity contribution < 1.29 is 4.92 Å². The number of nitro benzene ring substituents is 1. The molecule has 1 aromatic heterocycles. The fraction of sp³-hybridized carbons (Fsp3) is 0.214. The first-order chi connectivity index (χ1) is 9.54. The Morgan fingerprint density at radius 3 is 2.80 bits per heavy atom. The zero-order valence-corrected chi connectivity index (χ0v) is 12.6. The third-order valence-corrected chi connectivity index (χ3v) is 3.19. The maximum Gasteiger partial charge on any atom is 0.270 e. The van der Waals surface area contributed by atoms with Gasteiger partial charge in [0.25, 0.3) is 5.69 Å². The fourth-order valence-electron chi connectivity index (χ4n) is 1.87. The molecule has 1 heterocycles. The molecule has 2 rings (SSSR count). The first kappa shape index (κ1) is 14.6. The van der Waals surface area contributed by atoms with Crippen molar-refractivity contribution in [2.24, 2.45) is 0 Å². The lowest BCUT2D eigenvalue weighted by Crippen LogP contribution is -2.14. The van der Waals surface area contributed by atoms with Crippen LogP contribution in [0.3, 0.4) is 0 Å². The number of nitrogens with zero attached hydrogens (tertiary/aromatic N) is 2. The Morgan fingerprint density at radius 1 is 1.30 bits per heavy atom. The van der Waals surface area contributed by atoms with E-state index in [0.717, 1.165) is 17.0 Å². The number of nitrogens with one attached hydrogen (secondary N) is 1. The second kappa shape index (κ2) is 6.58. The number of pyridine rings is 1. The average molecular weight is 336 g/mol. The third kappa shape index (κ3) is 4.11. The van der Waals surface area contributed by atoms with Gasteiger partial charge >= 0.3 is 0 Å². The molecule has 20 heavy (non-hydrogen) atoms. The summed E-state index contributed by atoms with van der Waals surface area (Å²) in [6.45, 7) is 3.12. The van der Waals surface area contributed by atoms with E-state index in [9.17, 15) is 10.1 Å². The lowest BCUT2D eigenvalue weighted by Gasteiger charge is -2.06. The summed E-state index contributed by atoms with van der Waals surface area (Å²) in [5, 5.41) is 14.0. The Bertz CT molecular complexity index is 632. The molecule has 1 N–H and O–H groups in total. The van der Waals surface area contributed by atoms with Crippen LogP contribution >= 0.6 is 15.9 Å². The van der Waals surface area contributed by atoms with Gasteiger partial charge in [-0.25, -0.2) is 0 Å². The molecule has 0 bridgehead atoms. The van der Waals surface area contributed by atoms with Gasteiger partial charge in [0, 0.05) is 35.4 Å². The Morgan fingerprint density at radius 2 is 2.10 bits per heavy atom. The number of aromatic nitrogens is 1. The van der Waals surface area contributed by atoms with Crippen molar-refractivity contribution in [2.45, 2.75) is 20.0 Å². The highest BCUT2D eigenvalue weighted by Gasteiger charge is 2.08. The number of halogens is 1. The number of non-ortho nitro benzene ring substituents is 1. The standard InChI is InChI=1S/C14H14BrN3O2/c1-10-3-2-4-13(17-10)9-16-8-11-5-12(15)7-14(6-11)18(19)20/h2-7,16H,8-9H2,1H3. The summed E-state index contributed by atoms with van der Waals surface area (Å²) in [7, 11) is 0. The molecule has 104 valence electrons. The van der Waals surface area contributed by atoms with E-state index < -0.39 is 4.92 Å². The van der Waals surface area contributed by atoms with E-state index in [-0.39, 0.29) is 5.69 Å². The zero-order chi connectivity index (χ0) is 14.5. The predicted octanol–water partition coefficient (Wildman–Crippen LogP) is 3.35. The second-order valence-corrected chi connectivity index (χ2v) is 5.36. The lowest BCUT2D eigenvalue weighted by atomic mass is 10.2. The van der Waals surface area contributed by atoms with Gasteiger partial charge in [-0.1, -0.05) is 22.0 Å². The van der Waals surface area contributed by atoms with Crippen LogP contribution in [-0.4, -0.2) is 9.91 Å². The number of hydrogen-bond donors (Lipinski definition) is 1. The highest BCUT2D eigenvalue weighted by atomic mass is 79.9. The van der Waals surface area contributed by atoms with Crippen LogP contribution in [0.2, 0.25) is 0 Å². The summed E-state index contributed by atoms with van der Waals surface area (Å²) in [6.07, 6.45) is 0. The molecule has 0 aliphatic heterocycles. The number of hydrogen-bond acceptors (Lipinski definition) is 4. The minimum Gasteiger partial charge on any atom is -0.307 e. The summed E-state index contributed by atoms with van der Waals surface area (Å²) in [5.41, 5.74) is 2.88. The topological polar surface area (TPSA) is 68.1 Å². The summed E-state index contributed by atoms with van der Waals surface area (Å²) in [6, 6.07) is 10.8. The first-order valence-corrected chi connectivity index (χ1v) is 6.91. The molecule has 6 heteroatoms. The Labute approximate surface area is 125 Å². The SMILES string of the molecule is Cc1cccc(CNCc2cc(Br)cc([N+](=O)[O-])c2)n1. The lowest BCUT2D eigenvalue weighted by molar-refractivity contribution is -0.385. The number of aryl methyl sites for hydroxylation is 1. The van der Waals surface area contributed by atoms with Crippen molar-refractivity contribution >= 4 is 21.6 Å². The molecule has 0 radical (unpaired) electrons. The third-order valence-electron chi connectivity index (χ3n) is 2.73. The molecule has 0 spiro atoms. The van der Waals surface area contributed by atoms with E-state index in [4.69, 9.17) is 0 Å². The Kier molecular flexibility index (Phi) is 4.81. The van der Waals surface area contributed by atoms with Crippen LogP contribution in [-0.2, 0) is 13.1 Å². The largest absolute Gasteiger partial charge is 0.307 e. The van der Waals surface area contributed by atoms with Crippen molar-refractivity contribution in [3.8, 4) is 0 Å². The molecule has 0 fully saturated rings. The minimum atomic E-state index is -0.392. The number of nitro groups is 1. The minimum absolute atomic E-state index is 0.0878. The Hall–Kier alpha value is -1.79. The zero-order valence-electron chi connectivity index (χ0n) is 11.0. The van der Waals surface area contributed by atoms with E-state index in [1.165, 1.54) is 6.07 Å². The molecule has 2 aromatic rings. The highest BCUT2D eigenvalue weighted by molar-refractivity contribution is 9.10. The molecule has 0 aliphatic carbocycles. The van der Waals surface area contributed by atoms with Gasteiger partial charge in [-0.3, -0.25) is 15.1 Å². The van der Waals surface area contributed by atoms with Gasteiger partial charge in [0.2, 0.25) is 0 Å². The number of rotatable bonds is 5. The van der Waals surface area contributed by atoms with E-state index in [0.29, 0.717) is 17.6 Å². The Balaban J connectivity index is 1.99. The number of benzene rings is 1. The molecule has 0 saturated heterocycles. The van der Waals surface area contributed by atoms with Crippen molar-refractivity contribution in [1.29, 1.82) is 0 Å². The maximum atomic E-state index is 10.8. The van der Waals surface area contributed by atoms with Gasteiger partial charge < -0.3 is 5.32 Å².